The Balaban J connectivity index is 1.92. The van der Waals surface area contributed by atoms with Gasteiger partial charge in [0.05, 0.1) is 11.5 Å². The third-order valence-electron chi connectivity index (χ3n) is 4.36. The van der Waals surface area contributed by atoms with E-state index in [0.29, 0.717) is 17.7 Å². The van der Waals surface area contributed by atoms with Gasteiger partial charge in [-0.05, 0) is 53.3 Å². The van der Waals surface area contributed by atoms with Gasteiger partial charge in [-0.3, -0.25) is 4.79 Å². The van der Waals surface area contributed by atoms with Crippen LogP contribution >= 0.6 is 0 Å². The molecule has 1 atom stereocenters. The van der Waals surface area contributed by atoms with E-state index in [-0.39, 0.29) is 17.8 Å². The lowest BCUT2D eigenvalue weighted by atomic mass is 9.86. The van der Waals surface area contributed by atoms with E-state index in [2.05, 4.69) is 0 Å². The number of esters is 1. The molecule has 0 saturated heterocycles. The highest BCUT2D eigenvalue weighted by molar-refractivity contribution is 5.79. The number of halogens is 3. The molecule has 5 heteroatoms. The SMILES string of the molecule is CC(C)[C@@H]1Cc2cc(-c3ccc(C(F)(F)F)cc3)ccc2OC1=O. The summed E-state index contributed by atoms with van der Waals surface area (Å²) in [7, 11) is 0. The Labute approximate surface area is 138 Å². The first-order valence-electron chi connectivity index (χ1n) is 7.78. The number of benzene rings is 2. The van der Waals surface area contributed by atoms with E-state index in [1.165, 1.54) is 12.1 Å². The van der Waals surface area contributed by atoms with Crippen LogP contribution < -0.4 is 4.74 Å². The Hall–Kier alpha value is -2.30. The molecule has 0 radical (unpaired) electrons. The third-order valence-corrected chi connectivity index (χ3v) is 4.36. The summed E-state index contributed by atoms with van der Waals surface area (Å²) in [4.78, 5) is 12.0. The molecule has 0 N–H and O–H groups in total. The fourth-order valence-corrected chi connectivity index (χ4v) is 2.88. The number of carbonyl (C=O) groups excluding carboxylic acids is 1. The van der Waals surface area contributed by atoms with Gasteiger partial charge in [0.1, 0.15) is 5.75 Å². The van der Waals surface area contributed by atoms with E-state index in [4.69, 9.17) is 4.74 Å². The van der Waals surface area contributed by atoms with Crippen LogP contribution in [0.2, 0.25) is 0 Å². The van der Waals surface area contributed by atoms with Crippen molar-refractivity contribution in [3.8, 4) is 16.9 Å². The molecule has 3 rings (SSSR count). The molecule has 0 spiro atoms. The summed E-state index contributed by atoms with van der Waals surface area (Å²) >= 11 is 0. The largest absolute Gasteiger partial charge is 0.426 e. The molecule has 0 aliphatic carbocycles. The summed E-state index contributed by atoms with van der Waals surface area (Å²) in [5, 5.41) is 0. The molecular weight excluding hydrogens is 317 g/mol. The van der Waals surface area contributed by atoms with E-state index < -0.39 is 11.7 Å². The van der Waals surface area contributed by atoms with Gasteiger partial charge in [0.15, 0.2) is 0 Å². The van der Waals surface area contributed by atoms with Crippen molar-refractivity contribution >= 4 is 5.97 Å². The summed E-state index contributed by atoms with van der Waals surface area (Å²) < 4.78 is 43.3. The second-order valence-electron chi connectivity index (χ2n) is 6.37. The van der Waals surface area contributed by atoms with Crippen molar-refractivity contribution in [2.24, 2.45) is 11.8 Å². The zero-order chi connectivity index (χ0) is 17.5. The lowest BCUT2D eigenvalue weighted by molar-refractivity contribution is -0.141. The van der Waals surface area contributed by atoms with Gasteiger partial charge >= 0.3 is 12.1 Å². The minimum absolute atomic E-state index is 0.167. The van der Waals surface area contributed by atoms with Gasteiger partial charge in [-0.1, -0.05) is 32.0 Å². The van der Waals surface area contributed by atoms with Gasteiger partial charge < -0.3 is 4.74 Å². The molecule has 0 unspecified atom stereocenters. The number of alkyl halides is 3. The highest BCUT2D eigenvalue weighted by Crippen LogP contribution is 2.35. The zero-order valence-corrected chi connectivity index (χ0v) is 13.4. The van der Waals surface area contributed by atoms with Crippen LogP contribution in [0.3, 0.4) is 0 Å². The van der Waals surface area contributed by atoms with E-state index in [1.807, 2.05) is 19.9 Å². The second kappa shape index (κ2) is 5.96. The lowest BCUT2D eigenvalue weighted by Gasteiger charge is -2.26. The predicted octanol–water partition coefficient (Wildman–Crippen LogP) is 5.11. The average molecular weight is 334 g/mol. The van der Waals surface area contributed by atoms with Crippen molar-refractivity contribution in [2.75, 3.05) is 0 Å². The van der Waals surface area contributed by atoms with Crippen molar-refractivity contribution in [3.05, 3.63) is 53.6 Å². The topological polar surface area (TPSA) is 26.3 Å². The van der Waals surface area contributed by atoms with Gasteiger partial charge in [0, 0.05) is 0 Å². The highest BCUT2D eigenvalue weighted by Gasteiger charge is 2.31. The molecule has 1 aliphatic rings. The van der Waals surface area contributed by atoms with Crippen LogP contribution in [-0.2, 0) is 17.4 Å². The first-order valence-corrected chi connectivity index (χ1v) is 7.78. The second-order valence-corrected chi connectivity index (χ2v) is 6.37. The van der Waals surface area contributed by atoms with Crippen molar-refractivity contribution in [1.82, 2.24) is 0 Å². The van der Waals surface area contributed by atoms with Crippen molar-refractivity contribution in [3.63, 3.8) is 0 Å². The molecule has 0 saturated carbocycles. The van der Waals surface area contributed by atoms with Gasteiger partial charge in [-0.15, -0.1) is 0 Å². The standard InChI is InChI=1S/C19H17F3O2/c1-11(2)16-10-14-9-13(5-8-17(14)24-18(16)23)12-3-6-15(7-4-12)19(20,21)22/h3-9,11,16H,10H2,1-2H3/t16-/m0/s1. The number of hydrogen-bond donors (Lipinski definition) is 0. The quantitative estimate of drug-likeness (QED) is 0.564. The zero-order valence-electron chi connectivity index (χ0n) is 13.4. The molecule has 0 bridgehead atoms. The molecule has 0 fully saturated rings. The van der Waals surface area contributed by atoms with Crippen LogP contribution in [0.4, 0.5) is 13.2 Å². The van der Waals surface area contributed by atoms with Gasteiger partial charge in [-0.2, -0.15) is 13.2 Å². The number of ether oxygens (including phenoxy) is 1. The van der Waals surface area contributed by atoms with E-state index >= 15 is 0 Å². The molecule has 0 amide bonds. The van der Waals surface area contributed by atoms with Crippen LogP contribution in [-0.4, -0.2) is 5.97 Å². The van der Waals surface area contributed by atoms with Crippen LogP contribution in [0.5, 0.6) is 5.75 Å². The lowest BCUT2D eigenvalue weighted by Crippen LogP contribution is -2.31. The molecule has 1 heterocycles. The summed E-state index contributed by atoms with van der Waals surface area (Å²) in [6.07, 6.45) is -3.76. The maximum absolute atomic E-state index is 12.7. The Morgan fingerprint density at radius 3 is 2.25 bits per heavy atom. The maximum atomic E-state index is 12.7. The van der Waals surface area contributed by atoms with E-state index in [9.17, 15) is 18.0 Å². The van der Waals surface area contributed by atoms with Crippen molar-refractivity contribution in [2.45, 2.75) is 26.4 Å². The average Bonchev–Trinajstić information content (AvgIpc) is 2.53. The summed E-state index contributed by atoms with van der Waals surface area (Å²) in [6.45, 7) is 3.94. The summed E-state index contributed by atoms with van der Waals surface area (Å²) in [6, 6.07) is 10.4. The Morgan fingerprint density at radius 1 is 1.04 bits per heavy atom. The third kappa shape index (κ3) is 3.16. The molecule has 126 valence electrons. The van der Waals surface area contributed by atoms with Crippen LogP contribution in [0.15, 0.2) is 42.5 Å². The molecule has 2 nitrogen and oxygen atoms in total. The minimum Gasteiger partial charge on any atom is -0.426 e. The van der Waals surface area contributed by atoms with Gasteiger partial charge in [-0.25, -0.2) is 0 Å². The van der Waals surface area contributed by atoms with Crippen LogP contribution in [0.1, 0.15) is 25.0 Å². The van der Waals surface area contributed by atoms with Crippen LogP contribution in [0.25, 0.3) is 11.1 Å². The molecule has 24 heavy (non-hydrogen) atoms. The number of rotatable bonds is 2. The van der Waals surface area contributed by atoms with E-state index in [1.54, 1.807) is 12.1 Å². The Bertz CT molecular complexity index is 761. The van der Waals surface area contributed by atoms with Crippen molar-refractivity contribution < 1.29 is 22.7 Å². The molecule has 1 aliphatic heterocycles. The minimum atomic E-state index is -4.34. The predicted molar refractivity (Wildman–Crippen MR) is 84.5 cm³/mol. The summed E-state index contributed by atoms with van der Waals surface area (Å²) in [5.74, 6) is 0.285. The van der Waals surface area contributed by atoms with Crippen LogP contribution in [0, 0.1) is 11.8 Å². The van der Waals surface area contributed by atoms with Gasteiger partial charge in [0.2, 0.25) is 0 Å². The summed E-state index contributed by atoms with van der Waals surface area (Å²) in [5.41, 5.74) is 1.75. The number of fused-ring (bicyclic) bond motifs is 1. The smallest absolute Gasteiger partial charge is 0.416 e. The molecule has 2 aromatic carbocycles. The fraction of sp³-hybridized carbons (Fsp3) is 0.316. The van der Waals surface area contributed by atoms with Crippen molar-refractivity contribution in [1.29, 1.82) is 0 Å². The monoisotopic (exact) mass is 334 g/mol. The first kappa shape index (κ1) is 16.6. The Kier molecular flexibility index (Phi) is 4.11. The molecular formula is C19H17F3O2. The maximum Gasteiger partial charge on any atom is 0.416 e. The normalized spacial score (nSPS) is 17.6. The molecule has 0 aromatic heterocycles. The van der Waals surface area contributed by atoms with E-state index in [0.717, 1.165) is 23.3 Å². The first-order chi connectivity index (χ1) is 11.3. The fourth-order valence-electron chi connectivity index (χ4n) is 2.88. The Morgan fingerprint density at radius 2 is 1.67 bits per heavy atom. The van der Waals surface area contributed by atoms with Gasteiger partial charge in [0.25, 0.3) is 0 Å². The number of carbonyl (C=O) groups is 1. The number of hydrogen-bond acceptors (Lipinski definition) is 2. The highest BCUT2D eigenvalue weighted by atomic mass is 19.4. The molecule has 2 aromatic rings.